The van der Waals surface area contributed by atoms with Crippen LogP contribution in [0.4, 0.5) is 11.4 Å². The number of rotatable bonds is 3. The molecule has 0 spiro atoms. The van der Waals surface area contributed by atoms with Crippen LogP contribution in [-0.2, 0) is 11.2 Å². The summed E-state index contributed by atoms with van der Waals surface area (Å²) in [4.78, 5) is 23.4. The highest BCUT2D eigenvalue weighted by atomic mass is 16.5. The van der Waals surface area contributed by atoms with Crippen molar-refractivity contribution in [1.82, 2.24) is 0 Å². The summed E-state index contributed by atoms with van der Waals surface area (Å²) in [5, 5.41) is 5.52. The molecule has 3 rings (SSSR count). The minimum absolute atomic E-state index is 0.151. The highest BCUT2D eigenvalue weighted by Gasteiger charge is 2.15. The van der Waals surface area contributed by atoms with E-state index in [0.29, 0.717) is 23.5 Å². The average molecular weight is 296 g/mol. The highest BCUT2D eigenvalue weighted by Crippen LogP contribution is 2.26. The molecule has 0 fully saturated rings. The maximum absolute atomic E-state index is 12.3. The van der Waals surface area contributed by atoms with Gasteiger partial charge < -0.3 is 15.4 Å². The number of carbonyl (C=O) groups is 2. The van der Waals surface area contributed by atoms with Crippen LogP contribution in [-0.4, -0.2) is 18.4 Å². The molecule has 1 heterocycles. The number of benzene rings is 2. The van der Waals surface area contributed by atoms with Crippen molar-refractivity contribution in [2.75, 3.05) is 17.2 Å². The first-order chi connectivity index (χ1) is 10.6. The van der Waals surface area contributed by atoms with Gasteiger partial charge >= 0.3 is 0 Å². The van der Waals surface area contributed by atoms with E-state index in [-0.39, 0.29) is 11.8 Å². The molecule has 0 radical (unpaired) electrons. The van der Waals surface area contributed by atoms with Crippen molar-refractivity contribution in [1.29, 1.82) is 0 Å². The van der Waals surface area contributed by atoms with Gasteiger partial charge in [-0.25, -0.2) is 0 Å². The van der Waals surface area contributed by atoms with E-state index in [2.05, 4.69) is 10.6 Å². The molecular weight excluding hydrogens is 280 g/mol. The first kappa shape index (κ1) is 14.1. The molecule has 2 aromatic carbocycles. The molecule has 1 aliphatic rings. The van der Waals surface area contributed by atoms with E-state index in [0.717, 1.165) is 17.7 Å². The molecule has 0 atom stereocenters. The lowest BCUT2D eigenvalue weighted by Crippen LogP contribution is -2.12. The molecule has 0 bridgehead atoms. The van der Waals surface area contributed by atoms with Gasteiger partial charge in [-0.3, -0.25) is 9.59 Å². The predicted octanol–water partition coefficient (Wildman–Crippen LogP) is 2.83. The molecule has 2 N–H and O–H groups in total. The summed E-state index contributed by atoms with van der Waals surface area (Å²) >= 11 is 0. The fraction of sp³-hybridized carbons (Fsp3) is 0.176. The van der Waals surface area contributed by atoms with Gasteiger partial charge in [0.2, 0.25) is 5.91 Å². The lowest BCUT2D eigenvalue weighted by atomic mass is 10.1. The number of carbonyl (C=O) groups excluding carboxylic acids is 2. The predicted molar refractivity (Wildman–Crippen MR) is 84.3 cm³/mol. The third-order valence-electron chi connectivity index (χ3n) is 3.39. The van der Waals surface area contributed by atoms with E-state index in [1.807, 2.05) is 12.1 Å². The lowest BCUT2D eigenvalue weighted by molar-refractivity contribution is -0.114. The van der Waals surface area contributed by atoms with Crippen molar-refractivity contribution in [3.05, 3.63) is 53.6 Å². The SMILES string of the molecule is CC(=O)Nc1cccc(NC(=O)c2ccc3c(c2)CCO3)c1. The first-order valence-corrected chi connectivity index (χ1v) is 7.06. The van der Waals surface area contributed by atoms with Gasteiger partial charge in [-0.1, -0.05) is 6.07 Å². The van der Waals surface area contributed by atoms with Crippen molar-refractivity contribution in [2.45, 2.75) is 13.3 Å². The van der Waals surface area contributed by atoms with Crippen LogP contribution in [0.2, 0.25) is 0 Å². The second-order valence-corrected chi connectivity index (χ2v) is 5.14. The van der Waals surface area contributed by atoms with Crippen molar-refractivity contribution in [3.8, 4) is 5.75 Å². The Morgan fingerprint density at radius 1 is 1.05 bits per heavy atom. The summed E-state index contributed by atoms with van der Waals surface area (Å²) in [5.41, 5.74) is 2.93. The van der Waals surface area contributed by atoms with Gasteiger partial charge in [0.05, 0.1) is 6.61 Å². The topological polar surface area (TPSA) is 67.4 Å². The Morgan fingerprint density at radius 3 is 2.59 bits per heavy atom. The van der Waals surface area contributed by atoms with Crippen LogP contribution in [0.3, 0.4) is 0 Å². The number of amides is 2. The summed E-state index contributed by atoms with van der Waals surface area (Å²) in [6.45, 7) is 2.11. The van der Waals surface area contributed by atoms with Gasteiger partial charge in [-0.05, 0) is 42.0 Å². The van der Waals surface area contributed by atoms with Gasteiger partial charge in [0, 0.05) is 30.3 Å². The van der Waals surface area contributed by atoms with E-state index in [9.17, 15) is 9.59 Å². The second-order valence-electron chi connectivity index (χ2n) is 5.14. The summed E-state index contributed by atoms with van der Waals surface area (Å²) in [6.07, 6.45) is 0.828. The van der Waals surface area contributed by atoms with E-state index < -0.39 is 0 Å². The zero-order valence-electron chi connectivity index (χ0n) is 12.2. The van der Waals surface area contributed by atoms with Crippen LogP contribution in [0.1, 0.15) is 22.8 Å². The van der Waals surface area contributed by atoms with Gasteiger partial charge in [-0.2, -0.15) is 0 Å². The number of hydrogen-bond donors (Lipinski definition) is 2. The molecule has 5 nitrogen and oxygen atoms in total. The summed E-state index contributed by atoms with van der Waals surface area (Å²) in [5.74, 6) is 0.515. The fourth-order valence-corrected chi connectivity index (χ4v) is 2.41. The molecular formula is C17H16N2O3. The van der Waals surface area contributed by atoms with Crippen LogP contribution in [0.25, 0.3) is 0 Å². The maximum atomic E-state index is 12.3. The Hall–Kier alpha value is -2.82. The van der Waals surface area contributed by atoms with Crippen molar-refractivity contribution in [3.63, 3.8) is 0 Å². The lowest BCUT2D eigenvalue weighted by Gasteiger charge is -2.08. The number of anilines is 2. The largest absolute Gasteiger partial charge is 0.493 e. The Kier molecular flexibility index (Phi) is 3.78. The monoisotopic (exact) mass is 296 g/mol. The van der Waals surface area contributed by atoms with Gasteiger partial charge in [0.15, 0.2) is 0 Å². The van der Waals surface area contributed by atoms with Crippen molar-refractivity contribution >= 4 is 23.2 Å². The van der Waals surface area contributed by atoms with Crippen LogP contribution in [0.15, 0.2) is 42.5 Å². The molecule has 0 aliphatic carbocycles. The zero-order chi connectivity index (χ0) is 15.5. The fourth-order valence-electron chi connectivity index (χ4n) is 2.41. The molecule has 2 amide bonds. The van der Waals surface area contributed by atoms with Gasteiger partial charge in [0.25, 0.3) is 5.91 Å². The number of fused-ring (bicyclic) bond motifs is 1. The average Bonchev–Trinajstić information content (AvgIpc) is 2.94. The normalized spacial score (nSPS) is 12.2. The van der Waals surface area contributed by atoms with E-state index in [1.54, 1.807) is 30.3 Å². The molecule has 112 valence electrons. The van der Waals surface area contributed by atoms with E-state index >= 15 is 0 Å². The van der Waals surface area contributed by atoms with E-state index in [4.69, 9.17) is 4.74 Å². The van der Waals surface area contributed by atoms with Crippen LogP contribution >= 0.6 is 0 Å². The smallest absolute Gasteiger partial charge is 0.255 e. The first-order valence-electron chi connectivity index (χ1n) is 7.06. The Balaban J connectivity index is 1.75. The molecule has 0 saturated heterocycles. The third-order valence-corrected chi connectivity index (χ3v) is 3.39. The molecule has 1 aliphatic heterocycles. The standard InChI is InChI=1S/C17H16N2O3/c1-11(20)18-14-3-2-4-15(10-14)19-17(21)13-5-6-16-12(9-13)7-8-22-16/h2-6,9-10H,7-8H2,1H3,(H,18,20)(H,19,21). The minimum atomic E-state index is -0.185. The van der Waals surface area contributed by atoms with Crippen molar-refractivity contribution in [2.24, 2.45) is 0 Å². The summed E-state index contributed by atoms with van der Waals surface area (Å²) in [6, 6.07) is 12.5. The highest BCUT2D eigenvalue weighted by molar-refractivity contribution is 6.05. The number of hydrogen-bond acceptors (Lipinski definition) is 3. The van der Waals surface area contributed by atoms with Gasteiger partial charge in [-0.15, -0.1) is 0 Å². The Bertz CT molecular complexity index is 740. The second kappa shape index (κ2) is 5.89. The quantitative estimate of drug-likeness (QED) is 0.915. The number of ether oxygens (including phenoxy) is 1. The van der Waals surface area contributed by atoms with Crippen LogP contribution in [0, 0.1) is 0 Å². The van der Waals surface area contributed by atoms with Crippen LogP contribution < -0.4 is 15.4 Å². The van der Waals surface area contributed by atoms with E-state index in [1.165, 1.54) is 6.92 Å². The molecule has 2 aromatic rings. The zero-order valence-corrected chi connectivity index (χ0v) is 12.2. The van der Waals surface area contributed by atoms with Gasteiger partial charge in [0.1, 0.15) is 5.75 Å². The molecule has 0 unspecified atom stereocenters. The summed E-state index contributed by atoms with van der Waals surface area (Å²) in [7, 11) is 0. The molecule has 5 heteroatoms. The minimum Gasteiger partial charge on any atom is -0.493 e. The van der Waals surface area contributed by atoms with Crippen molar-refractivity contribution < 1.29 is 14.3 Å². The molecule has 0 saturated carbocycles. The summed E-state index contributed by atoms with van der Waals surface area (Å²) < 4.78 is 5.43. The number of nitrogens with one attached hydrogen (secondary N) is 2. The Labute approximate surface area is 128 Å². The molecule has 22 heavy (non-hydrogen) atoms. The van der Waals surface area contributed by atoms with Crippen LogP contribution in [0.5, 0.6) is 5.75 Å². The molecule has 0 aromatic heterocycles. The Morgan fingerprint density at radius 2 is 1.82 bits per heavy atom. The maximum Gasteiger partial charge on any atom is 0.255 e. The third kappa shape index (κ3) is 3.09.